The van der Waals surface area contributed by atoms with E-state index in [0.717, 1.165) is 10.4 Å². The minimum absolute atomic E-state index is 0. The molecular weight excluding hydrogens is 518 g/mol. The molecule has 30 heavy (non-hydrogen) atoms. The molecule has 0 spiro atoms. The van der Waals surface area contributed by atoms with Crippen molar-refractivity contribution in [1.82, 2.24) is 10.6 Å². The monoisotopic (exact) mass is 548 g/mol. The number of rotatable bonds is 7. The summed E-state index contributed by atoms with van der Waals surface area (Å²) in [6.07, 6.45) is 0. The van der Waals surface area contributed by atoms with E-state index >= 15 is 0 Å². The predicted molar refractivity (Wildman–Crippen MR) is 132 cm³/mol. The highest BCUT2D eigenvalue weighted by atomic mass is 127. The molecule has 1 aromatic carbocycles. The Bertz CT molecular complexity index is 811. The number of thiophene rings is 1. The van der Waals surface area contributed by atoms with Crippen LogP contribution < -0.4 is 15.5 Å². The van der Waals surface area contributed by atoms with Crippen molar-refractivity contribution in [3.63, 3.8) is 0 Å². The van der Waals surface area contributed by atoms with Gasteiger partial charge in [0.25, 0.3) is 0 Å². The molecule has 1 aliphatic rings. The fraction of sp³-hybridized carbons (Fsp3) is 0.476. The number of guanidine groups is 1. The molecule has 1 aromatic heterocycles. The molecule has 0 radical (unpaired) electrons. The van der Waals surface area contributed by atoms with Crippen LogP contribution in [-0.4, -0.2) is 50.5 Å². The molecule has 0 aliphatic carbocycles. The van der Waals surface area contributed by atoms with Crippen molar-refractivity contribution in [2.75, 3.05) is 44.3 Å². The Kier molecular flexibility index (Phi) is 9.79. The SMILES string of the molecule is CCNC(=NCc1ccc(N2CCOCC2)c(F)c1)NCC(C)(O)c1cccs1.I. The Balaban J connectivity index is 0.00000320. The van der Waals surface area contributed by atoms with Gasteiger partial charge in [-0.15, -0.1) is 35.3 Å². The number of hydrogen-bond donors (Lipinski definition) is 3. The van der Waals surface area contributed by atoms with Crippen LogP contribution >= 0.6 is 35.3 Å². The van der Waals surface area contributed by atoms with E-state index in [-0.39, 0.29) is 29.8 Å². The highest BCUT2D eigenvalue weighted by Gasteiger charge is 2.24. The van der Waals surface area contributed by atoms with Crippen LogP contribution in [0, 0.1) is 5.82 Å². The second kappa shape index (κ2) is 11.8. The van der Waals surface area contributed by atoms with Crippen molar-refractivity contribution >= 4 is 47.0 Å². The molecule has 0 bridgehead atoms. The third-order valence-electron chi connectivity index (χ3n) is 4.78. The molecule has 1 fully saturated rings. The van der Waals surface area contributed by atoms with Gasteiger partial charge in [0.2, 0.25) is 0 Å². The van der Waals surface area contributed by atoms with Gasteiger partial charge >= 0.3 is 0 Å². The molecule has 0 saturated carbocycles. The third kappa shape index (κ3) is 6.79. The molecule has 3 N–H and O–H groups in total. The van der Waals surface area contributed by atoms with Gasteiger partial charge < -0.3 is 25.4 Å². The number of benzene rings is 1. The van der Waals surface area contributed by atoms with Crippen molar-refractivity contribution in [1.29, 1.82) is 0 Å². The van der Waals surface area contributed by atoms with Crippen LogP contribution in [-0.2, 0) is 16.9 Å². The second-order valence-corrected chi connectivity index (χ2v) is 8.13. The molecule has 3 rings (SSSR count). The lowest BCUT2D eigenvalue weighted by Crippen LogP contribution is -2.44. The van der Waals surface area contributed by atoms with E-state index in [1.165, 1.54) is 11.3 Å². The number of aliphatic hydroxyl groups is 1. The maximum Gasteiger partial charge on any atom is 0.191 e. The van der Waals surface area contributed by atoms with Gasteiger partial charge in [-0.3, -0.25) is 0 Å². The summed E-state index contributed by atoms with van der Waals surface area (Å²) >= 11 is 1.52. The van der Waals surface area contributed by atoms with E-state index in [0.29, 0.717) is 57.6 Å². The summed E-state index contributed by atoms with van der Waals surface area (Å²) in [6, 6.07) is 9.09. The molecule has 1 aliphatic heterocycles. The van der Waals surface area contributed by atoms with Crippen molar-refractivity contribution in [2.45, 2.75) is 26.0 Å². The number of ether oxygens (including phenoxy) is 1. The fourth-order valence-electron chi connectivity index (χ4n) is 3.15. The van der Waals surface area contributed by atoms with Crippen molar-refractivity contribution in [3.8, 4) is 0 Å². The van der Waals surface area contributed by atoms with E-state index in [1.54, 1.807) is 13.0 Å². The van der Waals surface area contributed by atoms with Gasteiger partial charge in [0.15, 0.2) is 5.96 Å². The number of morpholine rings is 1. The van der Waals surface area contributed by atoms with Crippen LogP contribution in [0.5, 0.6) is 0 Å². The second-order valence-electron chi connectivity index (χ2n) is 7.19. The average Bonchev–Trinajstić information content (AvgIpc) is 3.27. The quantitative estimate of drug-likeness (QED) is 0.282. The Morgan fingerprint density at radius 2 is 2.07 bits per heavy atom. The maximum atomic E-state index is 14.6. The van der Waals surface area contributed by atoms with E-state index < -0.39 is 5.60 Å². The van der Waals surface area contributed by atoms with E-state index in [2.05, 4.69) is 15.6 Å². The number of nitrogens with one attached hydrogen (secondary N) is 2. The molecule has 6 nitrogen and oxygen atoms in total. The first-order chi connectivity index (χ1) is 14.0. The molecule has 9 heteroatoms. The summed E-state index contributed by atoms with van der Waals surface area (Å²) in [7, 11) is 0. The van der Waals surface area contributed by atoms with Crippen LogP contribution in [0.15, 0.2) is 40.7 Å². The van der Waals surface area contributed by atoms with Crippen LogP contribution in [0.2, 0.25) is 0 Å². The standard InChI is InChI=1S/C21H29FN4O2S.HI/c1-3-23-20(25-15-21(2,27)19-5-4-12-29-19)24-14-16-6-7-18(17(22)13-16)26-8-10-28-11-9-26;/h4-7,12-13,27H,3,8-11,14-15H2,1-2H3,(H2,23,24,25);1H. The number of anilines is 1. The normalized spacial score (nSPS) is 16.5. The van der Waals surface area contributed by atoms with Gasteiger partial charge in [-0.2, -0.15) is 0 Å². The van der Waals surface area contributed by atoms with E-state index in [9.17, 15) is 9.50 Å². The maximum absolute atomic E-state index is 14.6. The Hall–Kier alpha value is -1.43. The lowest BCUT2D eigenvalue weighted by atomic mass is 10.1. The molecule has 2 heterocycles. The largest absolute Gasteiger partial charge is 0.383 e. The smallest absolute Gasteiger partial charge is 0.191 e. The summed E-state index contributed by atoms with van der Waals surface area (Å²) in [5, 5.41) is 19.0. The number of hydrogen-bond acceptors (Lipinski definition) is 5. The van der Waals surface area contributed by atoms with Gasteiger partial charge in [0.05, 0.1) is 32.0 Å². The Morgan fingerprint density at radius 1 is 1.30 bits per heavy atom. The van der Waals surface area contributed by atoms with Crippen LogP contribution in [0.3, 0.4) is 0 Å². The van der Waals surface area contributed by atoms with Gasteiger partial charge in [-0.25, -0.2) is 9.38 Å². The highest BCUT2D eigenvalue weighted by Crippen LogP contribution is 2.24. The minimum Gasteiger partial charge on any atom is -0.383 e. The molecule has 166 valence electrons. The lowest BCUT2D eigenvalue weighted by Gasteiger charge is -2.29. The van der Waals surface area contributed by atoms with Crippen LogP contribution in [0.25, 0.3) is 0 Å². The van der Waals surface area contributed by atoms with Gasteiger partial charge in [-0.1, -0.05) is 12.1 Å². The summed E-state index contributed by atoms with van der Waals surface area (Å²) in [5.74, 6) is 0.347. The molecule has 2 aromatic rings. The molecule has 1 atom stereocenters. The van der Waals surface area contributed by atoms with Gasteiger partial charge in [-0.05, 0) is 43.0 Å². The zero-order valence-corrected chi connectivity index (χ0v) is 20.5. The summed E-state index contributed by atoms with van der Waals surface area (Å²) < 4.78 is 19.9. The van der Waals surface area contributed by atoms with E-state index in [4.69, 9.17) is 4.74 Å². The molecular formula is C21H30FIN4O2S. The zero-order chi connectivity index (χ0) is 20.7. The predicted octanol–water partition coefficient (Wildman–Crippen LogP) is 3.30. The molecule has 1 unspecified atom stereocenters. The zero-order valence-electron chi connectivity index (χ0n) is 17.4. The summed E-state index contributed by atoms with van der Waals surface area (Å²) in [6.45, 7) is 7.76. The summed E-state index contributed by atoms with van der Waals surface area (Å²) in [4.78, 5) is 7.43. The van der Waals surface area contributed by atoms with Gasteiger partial charge in [0, 0.05) is 24.5 Å². The van der Waals surface area contributed by atoms with Gasteiger partial charge in [0.1, 0.15) is 11.4 Å². The first-order valence-corrected chi connectivity index (χ1v) is 10.8. The lowest BCUT2D eigenvalue weighted by molar-refractivity contribution is 0.0655. The minimum atomic E-state index is -0.990. The topological polar surface area (TPSA) is 69.1 Å². The Labute approximate surface area is 198 Å². The average molecular weight is 548 g/mol. The van der Waals surface area contributed by atoms with Crippen LogP contribution in [0.1, 0.15) is 24.3 Å². The third-order valence-corrected chi connectivity index (χ3v) is 5.90. The number of halogens is 2. The molecule has 0 amide bonds. The van der Waals surface area contributed by atoms with Crippen molar-refractivity contribution in [3.05, 3.63) is 52.0 Å². The molecule has 1 saturated heterocycles. The first kappa shape index (κ1) is 24.8. The fourth-order valence-corrected chi connectivity index (χ4v) is 3.94. The Morgan fingerprint density at radius 3 is 2.70 bits per heavy atom. The van der Waals surface area contributed by atoms with Crippen LogP contribution in [0.4, 0.5) is 10.1 Å². The van der Waals surface area contributed by atoms with E-state index in [1.807, 2.05) is 41.5 Å². The van der Waals surface area contributed by atoms with Crippen molar-refractivity contribution < 1.29 is 14.2 Å². The summed E-state index contributed by atoms with van der Waals surface area (Å²) in [5.41, 5.74) is 0.413. The highest BCUT2D eigenvalue weighted by molar-refractivity contribution is 14.0. The van der Waals surface area contributed by atoms with Crippen molar-refractivity contribution in [2.24, 2.45) is 4.99 Å². The number of nitrogens with zero attached hydrogens (tertiary/aromatic N) is 2. The first-order valence-electron chi connectivity index (χ1n) is 9.89. The number of aliphatic imine (C=N–C) groups is 1.